The molecule has 0 aliphatic rings. The topological polar surface area (TPSA) is 25.8 Å². The number of hydrogen-bond acceptors (Lipinski definition) is 2. The summed E-state index contributed by atoms with van der Waals surface area (Å²) >= 11 is 0. The molecule has 0 spiro atoms. The third kappa shape index (κ3) is 3.58. The monoisotopic (exact) mass is 176 g/mol. The smallest absolute Gasteiger partial charge is 0.0782 e. The normalized spacial score (nSPS) is 11.4. The summed E-state index contributed by atoms with van der Waals surface area (Å²) in [6.45, 7) is 7.97. The first kappa shape index (κ1) is 12.1. The molecule has 0 bridgehead atoms. The number of aromatic nitrogens is 2. The fourth-order valence-corrected chi connectivity index (χ4v) is 1.03. The highest BCUT2D eigenvalue weighted by Crippen LogP contribution is 2.11. The minimum atomic E-state index is -0.0151. The summed E-state index contributed by atoms with van der Waals surface area (Å²) in [7, 11) is 5.69. The zero-order valence-electron chi connectivity index (χ0n) is 8.91. The molecule has 0 aliphatic heterocycles. The van der Waals surface area contributed by atoms with Gasteiger partial charge in [-0.25, -0.2) is 0 Å². The van der Waals surface area contributed by atoms with Crippen molar-refractivity contribution in [2.45, 2.75) is 39.9 Å². The average Bonchev–Trinajstić information content (AvgIpc) is 2.20. The quantitative estimate of drug-likeness (QED) is 0.646. The van der Waals surface area contributed by atoms with Gasteiger partial charge in [0.05, 0.1) is 19.2 Å². The van der Waals surface area contributed by atoms with Gasteiger partial charge >= 0.3 is 0 Å². The Morgan fingerprint density at radius 3 is 2.23 bits per heavy atom. The van der Waals surface area contributed by atoms with Crippen molar-refractivity contribution in [3.63, 3.8) is 0 Å². The molecule has 0 aromatic carbocycles. The molecule has 0 amide bonds. The van der Waals surface area contributed by atoms with Crippen molar-refractivity contribution in [2.24, 2.45) is 0 Å². The minimum Gasteiger partial charge on any atom is -0.258 e. The van der Waals surface area contributed by atoms with Gasteiger partial charge in [-0.2, -0.15) is 0 Å². The molecule has 13 heavy (non-hydrogen) atoms. The Balaban J connectivity index is 0.000000671. The van der Waals surface area contributed by atoms with Crippen molar-refractivity contribution in [3.8, 4) is 0 Å². The second-order valence-corrected chi connectivity index (χ2v) is 2.53. The lowest BCUT2D eigenvalue weighted by Gasteiger charge is -2.07. The van der Waals surface area contributed by atoms with Gasteiger partial charge in [0.15, 0.2) is 0 Å². The fourth-order valence-electron chi connectivity index (χ4n) is 1.03. The number of hydrogen-bond donors (Lipinski definition) is 0. The van der Waals surface area contributed by atoms with Crippen LogP contribution in [0.3, 0.4) is 0 Å². The molecule has 3 heteroatoms. The van der Waals surface area contributed by atoms with Crippen LogP contribution in [0.1, 0.15) is 44.9 Å². The molecule has 1 unspecified atom stereocenters. The summed E-state index contributed by atoms with van der Waals surface area (Å²) in [5, 5.41) is 0. The Labute approximate surface area is 82.2 Å². The molecule has 0 fully saturated rings. The Morgan fingerprint density at radius 1 is 1.31 bits per heavy atom. The highest BCUT2D eigenvalue weighted by atomic mass is 14.8. The highest BCUT2D eigenvalue weighted by molar-refractivity contribution is 6.11. The van der Waals surface area contributed by atoms with Crippen LogP contribution in [0.4, 0.5) is 0 Å². The molecule has 2 radical (unpaired) electrons. The molecule has 0 aliphatic carbocycles. The second kappa shape index (κ2) is 6.64. The van der Waals surface area contributed by atoms with Crippen molar-refractivity contribution in [1.29, 1.82) is 0 Å². The van der Waals surface area contributed by atoms with Gasteiger partial charge in [0, 0.05) is 12.4 Å². The Bertz CT molecular complexity index is 236. The van der Waals surface area contributed by atoms with Gasteiger partial charge in [-0.3, -0.25) is 9.97 Å². The van der Waals surface area contributed by atoms with E-state index in [2.05, 4.69) is 16.9 Å². The van der Waals surface area contributed by atoms with E-state index < -0.39 is 0 Å². The Kier molecular flexibility index (Phi) is 6.20. The molecule has 70 valence electrons. The summed E-state index contributed by atoms with van der Waals surface area (Å²) < 4.78 is 0. The van der Waals surface area contributed by atoms with Crippen molar-refractivity contribution in [3.05, 3.63) is 23.8 Å². The minimum absolute atomic E-state index is 0.0151. The summed E-state index contributed by atoms with van der Waals surface area (Å²) in [6.07, 6.45) is 4.27. The molecule has 0 saturated heterocycles. The van der Waals surface area contributed by atoms with Crippen molar-refractivity contribution in [2.75, 3.05) is 0 Å². The molecule has 1 rings (SSSR count). The van der Waals surface area contributed by atoms with Crippen LogP contribution >= 0.6 is 0 Å². The predicted molar refractivity (Wildman–Crippen MR) is 56.9 cm³/mol. The summed E-state index contributed by atoms with van der Waals surface area (Å²) in [4.78, 5) is 8.34. The second-order valence-electron chi connectivity index (χ2n) is 2.53. The average molecular weight is 176 g/mol. The number of aryl methyl sites for hydroxylation is 1. The molecule has 1 aromatic heterocycles. The van der Waals surface area contributed by atoms with Gasteiger partial charge in [0.2, 0.25) is 0 Å². The van der Waals surface area contributed by atoms with E-state index in [1.165, 1.54) is 0 Å². The van der Waals surface area contributed by atoms with Crippen LogP contribution in [0.25, 0.3) is 0 Å². The van der Waals surface area contributed by atoms with E-state index in [0.29, 0.717) is 0 Å². The molecule has 2 nitrogen and oxygen atoms in total. The first-order valence-corrected chi connectivity index (χ1v) is 4.81. The van der Waals surface area contributed by atoms with E-state index in [4.69, 9.17) is 7.85 Å². The molecule has 1 atom stereocenters. The third-order valence-electron chi connectivity index (χ3n) is 1.57. The van der Waals surface area contributed by atoms with Crippen LogP contribution in [0.15, 0.2) is 12.4 Å². The van der Waals surface area contributed by atoms with E-state index in [9.17, 15) is 0 Å². The number of rotatable bonds is 2. The zero-order chi connectivity index (χ0) is 10.3. The van der Waals surface area contributed by atoms with Crippen molar-refractivity contribution in [1.82, 2.24) is 9.97 Å². The summed E-state index contributed by atoms with van der Waals surface area (Å²) in [5.74, 6) is -0.0151. The van der Waals surface area contributed by atoms with Crippen LogP contribution in [0.2, 0.25) is 0 Å². The molecule has 0 saturated carbocycles. The van der Waals surface area contributed by atoms with E-state index >= 15 is 0 Å². The van der Waals surface area contributed by atoms with Gasteiger partial charge in [0.1, 0.15) is 0 Å². The van der Waals surface area contributed by atoms with E-state index in [1.54, 1.807) is 12.4 Å². The molecule has 1 heterocycles. The van der Waals surface area contributed by atoms with E-state index in [1.807, 2.05) is 20.8 Å². The lowest BCUT2D eigenvalue weighted by atomic mass is 9.85. The fraction of sp³-hybridized carbons (Fsp3) is 0.600. The van der Waals surface area contributed by atoms with Gasteiger partial charge in [-0.05, 0) is 12.2 Å². The van der Waals surface area contributed by atoms with Crippen LogP contribution < -0.4 is 0 Å². The Morgan fingerprint density at radius 2 is 1.85 bits per heavy atom. The molecular formula is C10H17BN2. The van der Waals surface area contributed by atoms with Gasteiger partial charge in [-0.15, -0.1) is 0 Å². The predicted octanol–water partition coefficient (Wildman–Crippen LogP) is 2.29. The van der Waals surface area contributed by atoms with Crippen LogP contribution in [-0.2, 0) is 6.42 Å². The van der Waals surface area contributed by atoms with Gasteiger partial charge in [0.25, 0.3) is 0 Å². The Hall–Kier alpha value is -0.855. The van der Waals surface area contributed by atoms with Crippen LogP contribution in [-0.4, -0.2) is 17.8 Å². The van der Waals surface area contributed by atoms with E-state index in [-0.39, 0.29) is 5.82 Å². The van der Waals surface area contributed by atoms with Crippen LogP contribution in [0, 0.1) is 0 Å². The van der Waals surface area contributed by atoms with E-state index in [0.717, 1.165) is 17.8 Å². The highest BCUT2D eigenvalue weighted by Gasteiger charge is 2.05. The van der Waals surface area contributed by atoms with Crippen LogP contribution in [0.5, 0.6) is 0 Å². The SMILES string of the molecule is CC.[B]C(C)c1nccnc1CC. The molecular weight excluding hydrogens is 159 g/mol. The van der Waals surface area contributed by atoms with Crippen molar-refractivity contribution < 1.29 is 0 Å². The first-order valence-electron chi connectivity index (χ1n) is 4.81. The maximum atomic E-state index is 5.69. The standard InChI is InChI=1S/C8H11BN2.C2H6/c1-3-7-8(6(2)9)11-5-4-10-7;1-2/h4-6H,3H2,1-2H3;1-2H3. The maximum absolute atomic E-state index is 5.69. The lowest BCUT2D eigenvalue weighted by Crippen LogP contribution is -2.03. The lowest BCUT2D eigenvalue weighted by molar-refractivity contribution is 0.885. The zero-order valence-corrected chi connectivity index (χ0v) is 8.91. The first-order chi connectivity index (χ1) is 6.25. The maximum Gasteiger partial charge on any atom is 0.0782 e. The largest absolute Gasteiger partial charge is 0.258 e. The van der Waals surface area contributed by atoms with Gasteiger partial charge in [-0.1, -0.05) is 27.7 Å². The third-order valence-corrected chi connectivity index (χ3v) is 1.57. The summed E-state index contributed by atoms with van der Waals surface area (Å²) in [6, 6.07) is 0. The molecule has 1 aromatic rings. The summed E-state index contributed by atoms with van der Waals surface area (Å²) in [5.41, 5.74) is 1.91. The van der Waals surface area contributed by atoms with Crippen molar-refractivity contribution >= 4 is 7.85 Å². The number of nitrogens with zero attached hydrogens (tertiary/aromatic N) is 2. The van der Waals surface area contributed by atoms with Gasteiger partial charge < -0.3 is 0 Å². The molecule has 0 N–H and O–H groups in total.